The molecule has 7 heteroatoms. The van der Waals surface area contributed by atoms with Gasteiger partial charge in [-0.05, 0) is 6.92 Å². The third kappa shape index (κ3) is 4.60. The van der Waals surface area contributed by atoms with Gasteiger partial charge in [-0.15, -0.1) is 0 Å². The van der Waals surface area contributed by atoms with Gasteiger partial charge in [0.2, 0.25) is 0 Å². The second-order valence-electron chi connectivity index (χ2n) is 3.97. The van der Waals surface area contributed by atoms with Gasteiger partial charge >= 0.3 is 0 Å². The Morgan fingerprint density at radius 3 is 1.89 bits per heavy atom. The molecular weight excluding hydrogens is 244 g/mol. The van der Waals surface area contributed by atoms with Gasteiger partial charge in [-0.2, -0.15) is 0 Å². The molecule has 0 saturated heterocycles. The van der Waals surface area contributed by atoms with Crippen LogP contribution in [0.1, 0.15) is 6.92 Å². The molecule has 18 heavy (non-hydrogen) atoms. The fourth-order valence-electron chi connectivity index (χ4n) is 1.63. The van der Waals surface area contributed by atoms with E-state index in [4.69, 9.17) is 14.2 Å². The Bertz CT molecular complexity index is 246. The maximum atomic E-state index is 11.1. The number of Topliss-reactive ketones (excluding diaryl/α,β-unsaturated/α-hetero) is 1. The van der Waals surface area contributed by atoms with Gasteiger partial charge in [-0.3, -0.25) is 4.79 Å². The van der Waals surface area contributed by atoms with Gasteiger partial charge in [-0.25, -0.2) is 0 Å². The minimum atomic E-state index is -1.44. The maximum absolute atomic E-state index is 11.1. The molecular formula is C11H22O7. The van der Waals surface area contributed by atoms with Crippen LogP contribution < -0.4 is 0 Å². The lowest BCUT2D eigenvalue weighted by atomic mass is 9.97. The highest BCUT2D eigenvalue weighted by atomic mass is 16.5. The van der Waals surface area contributed by atoms with Gasteiger partial charge in [0.25, 0.3) is 0 Å². The lowest BCUT2D eigenvalue weighted by Gasteiger charge is -2.32. The number of hydrogen-bond acceptors (Lipinski definition) is 7. The first-order valence-electron chi connectivity index (χ1n) is 5.49. The molecule has 0 aliphatic carbocycles. The molecule has 0 aromatic rings. The molecule has 0 aromatic heterocycles. The van der Waals surface area contributed by atoms with Crippen LogP contribution in [0, 0.1) is 0 Å². The lowest BCUT2D eigenvalue weighted by Crippen LogP contribution is -2.53. The van der Waals surface area contributed by atoms with E-state index >= 15 is 0 Å². The van der Waals surface area contributed by atoms with E-state index in [0.29, 0.717) is 0 Å². The van der Waals surface area contributed by atoms with Crippen molar-refractivity contribution in [2.24, 2.45) is 0 Å². The number of aliphatic hydroxyl groups excluding tert-OH is 3. The molecule has 0 fully saturated rings. The second-order valence-corrected chi connectivity index (χ2v) is 3.97. The minimum absolute atomic E-state index is 0.104. The third-order valence-electron chi connectivity index (χ3n) is 2.66. The van der Waals surface area contributed by atoms with E-state index in [2.05, 4.69) is 0 Å². The highest BCUT2D eigenvalue weighted by Gasteiger charge is 2.38. The summed E-state index contributed by atoms with van der Waals surface area (Å²) in [5.41, 5.74) is 0. The Balaban J connectivity index is 4.85. The quantitative estimate of drug-likeness (QED) is 0.458. The van der Waals surface area contributed by atoms with E-state index in [1.54, 1.807) is 0 Å². The van der Waals surface area contributed by atoms with Crippen molar-refractivity contribution in [3.05, 3.63) is 0 Å². The van der Waals surface area contributed by atoms with Gasteiger partial charge < -0.3 is 29.5 Å². The second kappa shape index (κ2) is 8.52. The van der Waals surface area contributed by atoms with Crippen LogP contribution in [0.25, 0.3) is 0 Å². The Labute approximate surface area is 106 Å². The Morgan fingerprint density at radius 2 is 1.56 bits per heavy atom. The number of rotatable bonds is 9. The fraction of sp³-hybridized carbons (Fsp3) is 0.909. The highest BCUT2D eigenvalue weighted by molar-refractivity contribution is 5.80. The average Bonchev–Trinajstić information content (AvgIpc) is 2.34. The van der Waals surface area contributed by atoms with E-state index in [0.717, 1.165) is 0 Å². The summed E-state index contributed by atoms with van der Waals surface area (Å²) in [7, 11) is 3.93. The number of ether oxygens (including phenoxy) is 3. The van der Waals surface area contributed by atoms with E-state index in [1.807, 2.05) is 0 Å². The van der Waals surface area contributed by atoms with Crippen LogP contribution >= 0.6 is 0 Å². The van der Waals surface area contributed by atoms with E-state index < -0.39 is 36.3 Å². The van der Waals surface area contributed by atoms with Gasteiger partial charge in [-0.1, -0.05) is 0 Å². The van der Waals surface area contributed by atoms with Crippen LogP contribution in [-0.2, 0) is 19.0 Å². The number of hydrogen-bond donors (Lipinski definition) is 3. The zero-order valence-electron chi connectivity index (χ0n) is 11.1. The lowest BCUT2D eigenvalue weighted by molar-refractivity contribution is -0.169. The van der Waals surface area contributed by atoms with Crippen molar-refractivity contribution >= 4 is 5.78 Å². The van der Waals surface area contributed by atoms with E-state index in [-0.39, 0.29) is 6.61 Å². The van der Waals surface area contributed by atoms with Crippen molar-refractivity contribution in [3.8, 4) is 0 Å². The molecule has 0 heterocycles. The van der Waals surface area contributed by atoms with E-state index in [9.17, 15) is 20.1 Å². The van der Waals surface area contributed by atoms with Crippen molar-refractivity contribution in [2.75, 3.05) is 27.9 Å². The fourth-order valence-corrected chi connectivity index (χ4v) is 1.63. The molecule has 0 amide bonds. The standard InChI is InChI=1S/C11H22O7/c1-6(12)8(14)10(17-3)11(18-4)9(15)7(13)5-16-2/h7-11,13-15H,5H2,1-4H3/t7-,8?,9-,10+,11+/m1/s1. The molecule has 0 aromatic carbocycles. The topological polar surface area (TPSA) is 105 Å². The zero-order chi connectivity index (χ0) is 14.3. The molecule has 0 radical (unpaired) electrons. The SMILES string of the molecule is COC[C@@H](O)[C@@H](O)[C@H](OC)[C@@H](OC)C(O)C(C)=O. The van der Waals surface area contributed by atoms with Crippen LogP contribution in [0.2, 0.25) is 0 Å². The minimum Gasteiger partial charge on any atom is -0.388 e. The molecule has 0 aliphatic rings. The molecule has 0 aliphatic heterocycles. The largest absolute Gasteiger partial charge is 0.388 e. The smallest absolute Gasteiger partial charge is 0.160 e. The Hall–Kier alpha value is -0.570. The summed E-state index contributed by atoms with van der Waals surface area (Å²) in [6, 6.07) is 0. The molecule has 7 nitrogen and oxygen atoms in total. The summed E-state index contributed by atoms with van der Waals surface area (Å²) in [4.78, 5) is 11.1. The van der Waals surface area contributed by atoms with Crippen molar-refractivity contribution < 1.29 is 34.3 Å². The summed E-state index contributed by atoms with van der Waals surface area (Å²) in [6.07, 6.45) is -6.14. The first-order chi connectivity index (χ1) is 8.40. The van der Waals surface area contributed by atoms with Crippen molar-refractivity contribution in [2.45, 2.75) is 37.4 Å². The van der Waals surface area contributed by atoms with Crippen LogP contribution in [0.4, 0.5) is 0 Å². The predicted molar refractivity (Wildman–Crippen MR) is 62.2 cm³/mol. The number of methoxy groups -OCH3 is 3. The summed E-state index contributed by atoms with van der Waals surface area (Å²) >= 11 is 0. The summed E-state index contributed by atoms with van der Waals surface area (Å²) in [6.45, 7) is 1.09. The maximum Gasteiger partial charge on any atom is 0.160 e. The normalized spacial score (nSPS) is 19.9. The Morgan fingerprint density at radius 1 is 1.06 bits per heavy atom. The molecule has 3 N–H and O–H groups in total. The first-order valence-corrected chi connectivity index (χ1v) is 5.49. The number of aliphatic hydroxyl groups is 3. The molecule has 5 atom stereocenters. The van der Waals surface area contributed by atoms with Crippen molar-refractivity contribution in [1.82, 2.24) is 0 Å². The molecule has 0 saturated carbocycles. The molecule has 108 valence electrons. The zero-order valence-corrected chi connectivity index (χ0v) is 11.1. The van der Waals surface area contributed by atoms with Gasteiger partial charge in [0.15, 0.2) is 5.78 Å². The van der Waals surface area contributed by atoms with Crippen molar-refractivity contribution in [3.63, 3.8) is 0 Å². The number of carbonyl (C=O) groups is 1. The predicted octanol–water partition coefficient (Wildman–Crippen LogP) is -1.67. The highest BCUT2D eigenvalue weighted by Crippen LogP contribution is 2.15. The van der Waals surface area contributed by atoms with Crippen LogP contribution in [-0.4, -0.2) is 79.6 Å². The number of ketones is 1. The average molecular weight is 266 g/mol. The molecule has 0 bridgehead atoms. The van der Waals surface area contributed by atoms with Crippen molar-refractivity contribution in [1.29, 1.82) is 0 Å². The van der Waals surface area contributed by atoms with Crippen LogP contribution in [0.5, 0.6) is 0 Å². The monoisotopic (exact) mass is 266 g/mol. The van der Waals surface area contributed by atoms with Gasteiger partial charge in [0.1, 0.15) is 30.5 Å². The Kier molecular flexibility index (Phi) is 8.25. The van der Waals surface area contributed by atoms with Crippen LogP contribution in [0.15, 0.2) is 0 Å². The van der Waals surface area contributed by atoms with Crippen LogP contribution in [0.3, 0.4) is 0 Å². The molecule has 0 spiro atoms. The van der Waals surface area contributed by atoms with Gasteiger partial charge in [0.05, 0.1) is 6.61 Å². The summed E-state index contributed by atoms with van der Waals surface area (Å²) < 4.78 is 14.7. The third-order valence-corrected chi connectivity index (χ3v) is 2.66. The summed E-state index contributed by atoms with van der Waals surface area (Å²) in [5, 5.41) is 29.2. The summed E-state index contributed by atoms with van der Waals surface area (Å²) in [5.74, 6) is -0.516. The van der Waals surface area contributed by atoms with Gasteiger partial charge in [0, 0.05) is 21.3 Å². The molecule has 1 unspecified atom stereocenters. The number of carbonyl (C=O) groups excluding carboxylic acids is 1. The van der Waals surface area contributed by atoms with E-state index in [1.165, 1.54) is 28.3 Å². The molecule has 0 rings (SSSR count). The first kappa shape index (κ1) is 17.4.